The summed E-state index contributed by atoms with van der Waals surface area (Å²) in [5, 5.41) is 10.3. The number of hydrogen-bond donors (Lipinski definition) is 1. The molecule has 0 aromatic heterocycles. The standard InChI is InChI=1S/C14H18O/c1-3-10-14(15,11-4-2)12-13-8-6-5-7-9-13/h3-9,15H,1-2,10-12H2. The summed E-state index contributed by atoms with van der Waals surface area (Å²) in [6, 6.07) is 9.99. The fraction of sp³-hybridized carbons (Fsp3) is 0.286. The Bertz CT molecular complexity index is 303. The zero-order chi connectivity index (χ0) is 11.1. The molecule has 0 aliphatic rings. The van der Waals surface area contributed by atoms with E-state index in [-0.39, 0.29) is 0 Å². The molecule has 1 N–H and O–H groups in total. The van der Waals surface area contributed by atoms with Crippen molar-refractivity contribution < 1.29 is 5.11 Å². The van der Waals surface area contributed by atoms with E-state index in [1.54, 1.807) is 12.2 Å². The number of benzene rings is 1. The van der Waals surface area contributed by atoms with Crippen molar-refractivity contribution >= 4 is 0 Å². The normalized spacial score (nSPS) is 11.0. The molecule has 0 radical (unpaired) electrons. The van der Waals surface area contributed by atoms with Crippen LogP contribution in [0, 0.1) is 0 Å². The SMILES string of the molecule is C=CCC(O)(CC=C)Cc1ccccc1. The van der Waals surface area contributed by atoms with Crippen LogP contribution in [0.4, 0.5) is 0 Å². The first-order chi connectivity index (χ1) is 7.20. The van der Waals surface area contributed by atoms with Crippen molar-refractivity contribution in [2.45, 2.75) is 24.9 Å². The maximum absolute atomic E-state index is 10.3. The van der Waals surface area contributed by atoms with Crippen molar-refractivity contribution in [2.24, 2.45) is 0 Å². The summed E-state index contributed by atoms with van der Waals surface area (Å²) in [5.74, 6) is 0. The van der Waals surface area contributed by atoms with Gasteiger partial charge in [0.2, 0.25) is 0 Å². The van der Waals surface area contributed by atoms with Gasteiger partial charge in [0.25, 0.3) is 0 Å². The van der Waals surface area contributed by atoms with Gasteiger partial charge in [0.1, 0.15) is 0 Å². The van der Waals surface area contributed by atoms with E-state index in [4.69, 9.17) is 0 Å². The molecule has 0 unspecified atom stereocenters. The molecule has 1 nitrogen and oxygen atoms in total. The van der Waals surface area contributed by atoms with E-state index in [2.05, 4.69) is 13.2 Å². The van der Waals surface area contributed by atoms with Gasteiger partial charge >= 0.3 is 0 Å². The third kappa shape index (κ3) is 3.72. The topological polar surface area (TPSA) is 20.2 Å². The quantitative estimate of drug-likeness (QED) is 0.703. The maximum Gasteiger partial charge on any atom is 0.0756 e. The monoisotopic (exact) mass is 202 g/mol. The fourth-order valence-corrected chi connectivity index (χ4v) is 1.74. The smallest absolute Gasteiger partial charge is 0.0756 e. The summed E-state index contributed by atoms with van der Waals surface area (Å²) >= 11 is 0. The van der Waals surface area contributed by atoms with E-state index in [9.17, 15) is 5.11 Å². The summed E-state index contributed by atoms with van der Waals surface area (Å²) in [7, 11) is 0. The first kappa shape index (κ1) is 11.7. The minimum atomic E-state index is -0.731. The zero-order valence-corrected chi connectivity index (χ0v) is 9.02. The summed E-state index contributed by atoms with van der Waals surface area (Å²) < 4.78 is 0. The Kier molecular flexibility index (Phi) is 4.32. The van der Waals surface area contributed by atoms with Gasteiger partial charge in [-0.1, -0.05) is 42.5 Å². The minimum absolute atomic E-state index is 0.591. The molecule has 0 saturated heterocycles. The second-order valence-corrected chi connectivity index (χ2v) is 3.87. The number of aliphatic hydroxyl groups is 1. The summed E-state index contributed by atoms with van der Waals surface area (Å²) in [6.45, 7) is 7.35. The van der Waals surface area contributed by atoms with Gasteiger partial charge in [-0.25, -0.2) is 0 Å². The average molecular weight is 202 g/mol. The third-order valence-corrected chi connectivity index (χ3v) is 2.42. The Morgan fingerprint density at radius 2 is 1.60 bits per heavy atom. The molecular weight excluding hydrogens is 184 g/mol. The molecule has 0 aliphatic carbocycles. The molecule has 0 spiro atoms. The molecular formula is C14H18O. The molecule has 0 saturated carbocycles. The summed E-state index contributed by atoms with van der Waals surface area (Å²) in [5.41, 5.74) is 0.411. The molecule has 1 aromatic carbocycles. The van der Waals surface area contributed by atoms with Crippen molar-refractivity contribution in [3.05, 3.63) is 61.2 Å². The highest BCUT2D eigenvalue weighted by molar-refractivity contribution is 5.17. The van der Waals surface area contributed by atoms with Gasteiger partial charge in [0.15, 0.2) is 0 Å². The molecule has 1 heteroatoms. The van der Waals surface area contributed by atoms with Gasteiger partial charge in [-0.2, -0.15) is 0 Å². The summed E-state index contributed by atoms with van der Waals surface area (Å²) in [4.78, 5) is 0. The molecule has 80 valence electrons. The van der Waals surface area contributed by atoms with Gasteiger partial charge in [-0.3, -0.25) is 0 Å². The third-order valence-electron chi connectivity index (χ3n) is 2.42. The highest BCUT2D eigenvalue weighted by Crippen LogP contribution is 2.22. The molecule has 0 fully saturated rings. The fourth-order valence-electron chi connectivity index (χ4n) is 1.74. The van der Waals surface area contributed by atoms with Crippen LogP contribution < -0.4 is 0 Å². The molecule has 0 aliphatic heterocycles. The van der Waals surface area contributed by atoms with Crippen LogP contribution in [0.5, 0.6) is 0 Å². The Hall–Kier alpha value is -1.34. The lowest BCUT2D eigenvalue weighted by Crippen LogP contribution is -2.30. The molecule has 0 atom stereocenters. The van der Waals surface area contributed by atoms with Crippen LogP contribution >= 0.6 is 0 Å². The first-order valence-electron chi connectivity index (χ1n) is 5.18. The molecule has 1 rings (SSSR count). The lowest BCUT2D eigenvalue weighted by molar-refractivity contribution is 0.0467. The van der Waals surface area contributed by atoms with Crippen molar-refractivity contribution in [2.75, 3.05) is 0 Å². The van der Waals surface area contributed by atoms with Crippen LogP contribution in [-0.2, 0) is 6.42 Å². The molecule has 0 bridgehead atoms. The van der Waals surface area contributed by atoms with Gasteiger partial charge in [-0.15, -0.1) is 13.2 Å². The minimum Gasteiger partial charge on any atom is -0.389 e. The van der Waals surface area contributed by atoms with E-state index in [1.165, 1.54) is 0 Å². The average Bonchev–Trinajstić information content (AvgIpc) is 2.19. The predicted octanol–water partition coefficient (Wildman–Crippen LogP) is 3.11. The molecule has 1 aromatic rings. The van der Waals surface area contributed by atoms with Crippen LogP contribution in [0.1, 0.15) is 18.4 Å². The maximum atomic E-state index is 10.3. The van der Waals surface area contributed by atoms with E-state index >= 15 is 0 Å². The van der Waals surface area contributed by atoms with Crippen molar-refractivity contribution in [3.8, 4) is 0 Å². The van der Waals surface area contributed by atoms with Crippen molar-refractivity contribution in [3.63, 3.8) is 0 Å². The van der Waals surface area contributed by atoms with Crippen LogP contribution in [0.2, 0.25) is 0 Å². The van der Waals surface area contributed by atoms with Crippen LogP contribution in [0.15, 0.2) is 55.6 Å². The predicted molar refractivity (Wildman–Crippen MR) is 64.7 cm³/mol. The van der Waals surface area contributed by atoms with Gasteiger partial charge in [0, 0.05) is 6.42 Å². The highest BCUT2D eigenvalue weighted by Gasteiger charge is 2.23. The Morgan fingerprint density at radius 1 is 1.07 bits per heavy atom. The number of rotatable bonds is 6. The van der Waals surface area contributed by atoms with E-state index in [0.717, 1.165) is 5.56 Å². The van der Waals surface area contributed by atoms with E-state index < -0.39 is 5.60 Å². The van der Waals surface area contributed by atoms with Crippen LogP contribution in [0.25, 0.3) is 0 Å². The lowest BCUT2D eigenvalue weighted by Gasteiger charge is -2.25. The lowest BCUT2D eigenvalue weighted by atomic mass is 9.88. The summed E-state index contributed by atoms with van der Waals surface area (Å²) in [6.07, 6.45) is 5.34. The highest BCUT2D eigenvalue weighted by atomic mass is 16.3. The Morgan fingerprint density at radius 3 is 2.07 bits per heavy atom. The van der Waals surface area contributed by atoms with Gasteiger partial charge < -0.3 is 5.11 Å². The van der Waals surface area contributed by atoms with Crippen LogP contribution in [0.3, 0.4) is 0 Å². The number of hydrogen-bond acceptors (Lipinski definition) is 1. The first-order valence-corrected chi connectivity index (χ1v) is 5.18. The Labute approximate surface area is 91.8 Å². The van der Waals surface area contributed by atoms with Crippen LogP contribution in [-0.4, -0.2) is 10.7 Å². The molecule has 0 amide bonds. The zero-order valence-electron chi connectivity index (χ0n) is 9.02. The van der Waals surface area contributed by atoms with Crippen molar-refractivity contribution in [1.82, 2.24) is 0 Å². The second-order valence-electron chi connectivity index (χ2n) is 3.87. The molecule has 0 heterocycles. The van der Waals surface area contributed by atoms with Crippen molar-refractivity contribution in [1.29, 1.82) is 0 Å². The van der Waals surface area contributed by atoms with Gasteiger partial charge in [-0.05, 0) is 18.4 Å². The van der Waals surface area contributed by atoms with Gasteiger partial charge in [0.05, 0.1) is 5.60 Å². The second kappa shape index (κ2) is 5.52. The van der Waals surface area contributed by atoms with E-state index in [1.807, 2.05) is 30.3 Å². The molecule has 15 heavy (non-hydrogen) atoms. The largest absolute Gasteiger partial charge is 0.389 e. The Balaban J connectivity index is 2.74. The van der Waals surface area contributed by atoms with E-state index in [0.29, 0.717) is 19.3 Å².